The van der Waals surface area contributed by atoms with E-state index in [1.54, 1.807) is 0 Å². The van der Waals surface area contributed by atoms with Crippen LogP contribution in [-0.4, -0.2) is 35.6 Å². The fourth-order valence-electron chi connectivity index (χ4n) is 2.09. The van der Waals surface area contributed by atoms with Crippen molar-refractivity contribution in [2.75, 3.05) is 24.3 Å². The molecule has 1 heterocycles. The van der Waals surface area contributed by atoms with E-state index in [0.29, 0.717) is 11.3 Å². The number of nitrogens with one attached hydrogen (secondary N) is 1. The van der Waals surface area contributed by atoms with Crippen molar-refractivity contribution in [2.45, 2.75) is 17.7 Å². The first-order valence-electron chi connectivity index (χ1n) is 6.01. The van der Waals surface area contributed by atoms with Crippen molar-refractivity contribution in [2.24, 2.45) is 0 Å². The molecule has 1 saturated heterocycles. The second kappa shape index (κ2) is 7.30. The van der Waals surface area contributed by atoms with Crippen molar-refractivity contribution in [1.29, 1.82) is 0 Å². The molecule has 2 atom stereocenters. The second-order valence-electron chi connectivity index (χ2n) is 4.32. The van der Waals surface area contributed by atoms with Crippen LogP contribution in [-0.2, 0) is 6.42 Å². The van der Waals surface area contributed by atoms with Crippen LogP contribution in [0.15, 0.2) is 18.2 Å². The van der Waals surface area contributed by atoms with Gasteiger partial charge in [0.1, 0.15) is 0 Å². The van der Waals surface area contributed by atoms with E-state index in [1.807, 2.05) is 37.0 Å². The molecule has 1 aliphatic rings. The number of likely N-dealkylation sites (N-methyl/N-ethyl adjacent to an activating group) is 1. The van der Waals surface area contributed by atoms with Crippen molar-refractivity contribution < 1.29 is 0 Å². The number of hydrogen-bond donors (Lipinski definition) is 1. The Bertz CT molecular complexity index is 395. The minimum atomic E-state index is 0.457. The summed E-state index contributed by atoms with van der Waals surface area (Å²) in [6.45, 7) is 0. The van der Waals surface area contributed by atoms with Gasteiger partial charge in [-0.05, 0) is 37.2 Å². The van der Waals surface area contributed by atoms with Crippen LogP contribution in [0.25, 0.3) is 0 Å². The topological polar surface area (TPSA) is 12.0 Å². The summed E-state index contributed by atoms with van der Waals surface area (Å²) < 4.78 is 0. The fourth-order valence-corrected chi connectivity index (χ4v) is 5.41. The number of benzene rings is 1. The van der Waals surface area contributed by atoms with Gasteiger partial charge in [0.05, 0.1) is 0 Å². The van der Waals surface area contributed by atoms with Crippen LogP contribution in [0, 0.1) is 0 Å². The van der Waals surface area contributed by atoms with Gasteiger partial charge in [-0.2, -0.15) is 23.5 Å². The van der Waals surface area contributed by atoms with Gasteiger partial charge >= 0.3 is 0 Å². The predicted molar refractivity (Wildman–Crippen MR) is 86.6 cm³/mol. The van der Waals surface area contributed by atoms with Gasteiger partial charge in [-0.25, -0.2) is 0 Å². The van der Waals surface area contributed by atoms with Gasteiger partial charge in [0, 0.05) is 38.6 Å². The van der Waals surface area contributed by atoms with Gasteiger partial charge < -0.3 is 5.32 Å². The molecule has 2 rings (SSSR count). The number of thioether (sulfide) groups is 2. The third-order valence-corrected chi connectivity index (χ3v) is 6.63. The molecule has 2 unspecified atom stereocenters. The molecule has 1 aromatic rings. The lowest BCUT2D eigenvalue weighted by molar-refractivity contribution is 0.557. The second-order valence-corrected chi connectivity index (χ2v) is 7.66. The van der Waals surface area contributed by atoms with Gasteiger partial charge in [-0.1, -0.05) is 23.2 Å². The van der Waals surface area contributed by atoms with Crippen LogP contribution < -0.4 is 5.32 Å². The lowest BCUT2D eigenvalue weighted by atomic mass is 10.0. The highest BCUT2D eigenvalue weighted by molar-refractivity contribution is 8.06. The molecule has 0 saturated carbocycles. The fraction of sp³-hybridized carbons (Fsp3) is 0.538. The molecule has 1 aliphatic heterocycles. The smallest absolute Gasteiger partial charge is 0.0439 e. The van der Waals surface area contributed by atoms with Crippen LogP contribution in [0.5, 0.6) is 0 Å². The molecule has 5 heteroatoms. The molecule has 1 fully saturated rings. The maximum atomic E-state index is 6.24. The minimum Gasteiger partial charge on any atom is -0.316 e. The average Bonchev–Trinajstić information content (AvgIpc) is 2.41. The number of hydrogen-bond acceptors (Lipinski definition) is 3. The Hall–Kier alpha value is 0.460. The Morgan fingerprint density at radius 3 is 2.89 bits per heavy atom. The molecule has 100 valence electrons. The zero-order valence-electron chi connectivity index (χ0n) is 10.3. The summed E-state index contributed by atoms with van der Waals surface area (Å²) in [5, 5.41) is 5.66. The number of rotatable bonds is 4. The highest BCUT2D eigenvalue weighted by Gasteiger charge is 2.24. The van der Waals surface area contributed by atoms with Gasteiger partial charge in [0.25, 0.3) is 0 Å². The summed E-state index contributed by atoms with van der Waals surface area (Å²) in [5.74, 6) is 3.74. The third kappa shape index (κ3) is 3.97. The van der Waals surface area contributed by atoms with Gasteiger partial charge in [-0.15, -0.1) is 0 Å². The summed E-state index contributed by atoms with van der Waals surface area (Å²) in [5.41, 5.74) is 1.14. The molecule has 18 heavy (non-hydrogen) atoms. The first-order valence-corrected chi connectivity index (χ1v) is 8.97. The van der Waals surface area contributed by atoms with E-state index in [2.05, 4.69) is 17.1 Å². The van der Waals surface area contributed by atoms with Crippen LogP contribution in [0.3, 0.4) is 0 Å². The molecular formula is C13H17Cl2NS2. The van der Waals surface area contributed by atoms with Gasteiger partial charge in [0.2, 0.25) is 0 Å². The summed E-state index contributed by atoms with van der Waals surface area (Å²) >= 11 is 16.4. The molecular weight excluding hydrogens is 305 g/mol. The third-order valence-electron chi connectivity index (χ3n) is 3.11. The summed E-state index contributed by atoms with van der Waals surface area (Å²) in [4.78, 5) is 0. The zero-order chi connectivity index (χ0) is 13.0. The molecule has 0 amide bonds. The molecule has 0 radical (unpaired) electrons. The Morgan fingerprint density at radius 1 is 1.39 bits per heavy atom. The Kier molecular flexibility index (Phi) is 6.02. The summed E-state index contributed by atoms with van der Waals surface area (Å²) in [7, 11) is 2.03. The standard InChI is InChI=1S/C13H17Cl2NS2/c1-16-12(13-8-17-4-5-18-13)7-9-6-10(14)2-3-11(9)15/h2-3,6,12-13,16H,4-5,7-8H2,1H3. The normalized spacial score (nSPS) is 21.8. The molecule has 0 spiro atoms. The average molecular weight is 322 g/mol. The van der Waals surface area contributed by atoms with Crippen LogP contribution >= 0.6 is 46.7 Å². The van der Waals surface area contributed by atoms with Gasteiger partial charge in [-0.3, -0.25) is 0 Å². The largest absolute Gasteiger partial charge is 0.316 e. The van der Waals surface area contributed by atoms with E-state index in [-0.39, 0.29) is 0 Å². The van der Waals surface area contributed by atoms with E-state index in [4.69, 9.17) is 23.2 Å². The van der Waals surface area contributed by atoms with E-state index in [9.17, 15) is 0 Å². The lowest BCUT2D eigenvalue weighted by Crippen LogP contribution is -2.40. The monoisotopic (exact) mass is 321 g/mol. The van der Waals surface area contributed by atoms with Crippen LogP contribution in [0.1, 0.15) is 5.56 Å². The summed E-state index contributed by atoms with van der Waals surface area (Å²) in [6, 6.07) is 6.16. The first-order chi connectivity index (χ1) is 8.70. The Morgan fingerprint density at radius 2 is 2.22 bits per heavy atom. The maximum Gasteiger partial charge on any atom is 0.0439 e. The van der Waals surface area contributed by atoms with Crippen LogP contribution in [0.4, 0.5) is 0 Å². The molecule has 1 nitrogen and oxygen atoms in total. The van der Waals surface area contributed by atoms with Crippen molar-refractivity contribution in [3.05, 3.63) is 33.8 Å². The van der Waals surface area contributed by atoms with Crippen molar-refractivity contribution in [3.8, 4) is 0 Å². The molecule has 1 N–H and O–H groups in total. The first kappa shape index (κ1) is 14.9. The zero-order valence-corrected chi connectivity index (χ0v) is 13.4. The number of halogens is 2. The highest BCUT2D eigenvalue weighted by atomic mass is 35.5. The van der Waals surface area contributed by atoms with E-state index < -0.39 is 0 Å². The summed E-state index contributed by atoms with van der Waals surface area (Å²) in [6.07, 6.45) is 0.939. The van der Waals surface area contributed by atoms with Crippen molar-refractivity contribution in [3.63, 3.8) is 0 Å². The SMILES string of the molecule is CNC(Cc1cc(Cl)ccc1Cl)C1CSCCS1. The predicted octanol–water partition coefficient (Wildman–Crippen LogP) is 3.97. The molecule has 1 aromatic carbocycles. The quantitative estimate of drug-likeness (QED) is 0.901. The maximum absolute atomic E-state index is 6.24. The highest BCUT2D eigenvalue weighted by Crippen LogP contribution is 2.29. The lowest BCUT2D eigenvalue weighted by Gasteiger charge is -2.29. The molecule has 0 aliphatic carbocycles. The van der Waals surface area contributed by atoms with E-state index in [0.717, 1.165) is 22.0 Å². The van der Waals surface area contributed by atoms with Crippen molar-refractivity contribution in [1.82, 2.24) is 5.32 Å². The van der Waals surface area contributed by atoms with Crippen LogP contribution in [0.2, 0.25) is 10.0 Å². The Labute approximate surface area is 127 Å². The van der Waals surface area contributed by atoms with E-state index in [1.165, 1.54) is 17.3 Å². The van der Waals surface area contributed by atoms with E-state index >= 15 is 0 Å². The Balaban J connectivity index is 2.06. The molecule has 0 bridgehead atoms. The molecule has 0 aromatic heterocycles. The van der Waals surface area contributed by atoms with Crippen molar-refractivity contribution >= 4 is 46.7 Å². The van der Waals surface area contributed by atoms with Gasteiger partial charge in [0.15, 0.2) is 0 Å². The minimum absolute atomic E-state index is 0.457.